The highest BCUT2D eigenvalue weighted by atomic mass is 35.5. The molecule has 118 valence electrons. The Morgan fingerprint density at radius 1 is 1.22 bits per heavy atom. The maximum Gasteiger partial charge on any atom is 0.275 e. The van der Waals surface area contributed by atoms with Gasteiger partial charge in [0, 0.05) is 11.9 Å². The van der Waals surface area contributed by atoms with Gasteiger partial charge in [-0.1, -0.05) is 23.7 Å². The molecule has 0 saturated carbocycles. The van der Waals surface area contributed by atoms with Crippen LogP contribution in [0.3, 0.4) is 0 Å². The second-order valence-electron chi connectivity index (χ2n) is 5.55. The molecule has 0 spiro atoms. The van der Waals surface area contributed by atoms with Gasteiger partial charge in [-0.05, 0) is 48.7 Å². The van der Waals surface area contributed by atoms with Crippen molar-refractivity contribution in [1.82, 2.24) is 4.98 Å². The first-order chi connectivity index (χ1) is 10.9. The quantitative estimate of drug-likeness (QED) is 0.690. The number of anilines is 1. The summed E-state index contributed by atoms with van der Waals surface area (Å²) in [5, 5.41) is 1.03. The summed E-state index contributed by atoms with van der Waals surface area (Å²) in [6, 6.07) is 11.2. The number of rotatable bonds is 2. The van der Waals surface area contributed by atoms with E-state index in [0.717, 1.165) is 33.4 Å². The summed E-state index contributed by atoms with van der Waals surface area (Å²) in [6.45, 7) is 2.41. The number of hydrogen-bond acceptors (Lipinski definition) is 4. The lowest BCUT2D eigenvalue weighted by atomic mass is 10.1. The van der Waals surface area contributed by atoms with Gasteiger partial charge in [0.1, 0.15) is 10.0 Å². The Morgan fingerprint density at radius 3 is 2.78 bits per heavy atom. The summed E-state index contributed by atoms with van der Waals surface area (Å²) in [7, 11) is -3.61. The second kappa shape index (κ2) is 5.19. The van der Waals surface area contributed by atoms with E-state index in [-0.39, 0.29) is 4.21 Å². The SMILES string of the molecule is Cc1ccc2cc3c(nc2c1)N(S(=O)(=O)c1ccc(Cl)s1)CC3. The Balaban J connectivity index is 1.86. The summed E-state index contributed by atoms with van der Waals surface area (Å²) < 4.78 is 27.8. The molecule has 0 radical (unpaired) electrons. The standard InChI is InChI=1S/C16H13ClN2O2S2/c1-10-2-3-11-9-12-6-7-19(16(12)18-13(11)8-10)23(20,21)15-5-4-14(17)22-15/h2-5,8-9H,6-7H2,1H3. The molecule has 4 nitrogen and oxygen atoms in total. The van der Waals surface area contributed by atoms with Gasteiger partial charge in [-0.2, -0.15) is 0 Å². The smallest absolute Gasteiger partial charge is 0.248 e. The zero-order valence-electron chi connectivity index (χ0n) is 12.3. The van der Waals surface area contributed by atoms with Gasteiger partial charge in [0.15, 0.2) is 0 Å². The van der Waals surface area contributed by atoms with E-state index in [4.69, 9.17) is 11.6 Å². The van der Waals surface area contributed by atoms with Crippen molar-refractivity contribution in [3.63, 3.8) is 0 Å². The Hall–Kier alpha value is -1.63. The predicted octanol–water partition coefficient (Wildman–Crippen LogP) is 4.01. The zero-order valence-corrected chi connectivity index (χ0v) is 14.7. The first-order valence-electron chi connectivity index (χ1n) is 7.13. The number of nitrogens with zero attached hydrogens (tertiary/aromatic N) is 2. The molecule has 3 aromatic rings. The molecule has 0 atom stereocenters. The van der Waals surface area contributed by atoms with Gasteiger partial charge in [-0.3, -0.25) is 0 Å². The van der Waals surface area contributed by atoms with Crippen LogP contribution in [-0.2, 0) is 16.4 Å². The Labute approximate surface area is 143 Å². The Bertz CT molecular complexity index is 1030. The number of fused-ring (bicyclic) bond motifs is 2. The monoisotopic (exact) mass is 364 g/mol. The van der Waals surface area contributed by atoms with Crippen LogP contribution < -0.4 is 4.31 Å². The predicted molar refractivity (Wildman–Crippen MR) is 94.0 cm³/mol. The number of thiophene rings is 1. The molecule has 2 aromatic heterocycles. The van der Waals surface area contributed by atoms with Crippen LogP contribution in [0.2, 0.25) is 4.34 Å². The number of halogens is 1. The van der Waals surface area contributed by atoms with Crippen molar-refractivity contribution in [1.29, 1.82) is 0 Å². The van der Waals surface area contributed by atoms with Crippen LogP contribution in [0.4, 0.5) is 5.82 Å². The van der Waals surface area contributed by atoms with E-state index in [2.05, 4.69) is 4.98 Å². The Morgan fingerprint density at radius 2 is 2.04 bits per heavy atom. The van der Waals surface area contributed by atoms with Crippen LogP contribution in [0, 0.1) is 6.92 Å². The fourth-order valence-electron chi connectivity index (χ4n) is 2.82. The number of sulfonamides is 1. The molecular formula is C16H13ClN2O2S2. The molecule has 23 heavy (non-hydrogen) atoms. The van der Waals surface area contributed by atoms with Crippen molar-refractivity contribution < 1.29 is 8.42 Å². The largest absolute Gasteiger partial charge is 0.275 e. The van der Waals surface area contributed by atoms with Gasteiger partial charge in [0.05, 0.1) is 9.85 Å². The summed E-state index contributed by atoms with van der Waals surface area (Å²) in [5.74, 6) is 0.535. The number of hydrogen-bond donors (Lipinski definition) is 0. The van der Waals surface area contributed by atoms with E-state index in [1.165, 1.54) is 4.31 Å². The number of pyridine rings is 1. The van der Waals surface area contributed by atoms with E-state index in [1.807, 2.05) is 31.2 Å². The minimum Gasteiger partial charge on any atom is -0.248 e. The minimum atomic E-state index is -3.61. The molecular weight excluding hydrogens is 352 g/mol. The lowest BCUT2D eigenvalue weighted by molar-refractivity contribution is 0.594. The highest BCUT2D eigenvalue weighted by Gasteiger charge is 2.33. The zero-order chi connectivity index (χ0) is 16.2. The maximum absolute atomic E-state index is 12.9. The third kappa shape index (κ3) is 2.41. The average molecular weight is 365 g/mol. The summed E-state index contributed by atoms with van der Waals surface area (Å²) in [5.41, 5.74) is 2.88. The molecule has 1 aliphatic rings. The minimum absolute atomic E-state index is 0.251. The molecule has 1 aliphatic heterocycles. The van der Waals surface area contributed by atoms with Gasteiger partial charge in [-0.25, -0.2) is 17.7 Å². The molecule has 0 bridgehead atoms. The topological polar surface area (TPSA) is 50.3 Å². The fourth-order valence-corrected chi connectivity index (χ4v) is 5.87. The first-order valence-corrected chi connectivity index (χ1v) is 9.77. The van der Waals surface area contributed by atoms with E-state index in [1.54, 1.807) is 12.1 Å². The Kier molecular flexibility index (Phi) is 3.37. The molecule has 0 saturated heterocycles. The number of aryl methyl sites for hydroxylation is 1. The van der Waals surface area contributed by atoms with Crippen LogP contribution in [-0.4, -0.2) is 19.9 Å². The van der Waals surface area contributed by atoms with Crippen molar-refractivity contribution in [2.24, 2.45) is 0 Å². The summed E-state index contributed by atoms with van der Waals surface area (Å²) in [4.78, 5) is 4.62. The third-order valence-corrected chi connectivity index (χ3v) is 7.43. The molecule has 0 fully saturated rings. The van der Waals surface area contributed by atoms with Crippen molar-refractivity contribution in [3.05, 3.63) is 51.9 Å². The van der Waals surface area contributed by atoms with Gasteiger partial charge in [0.25, 0.3) is 10.0 Å². The van der Waals surface area contributed by atoms with Crippen molar-refractivity contribution in [3.8, 4) is 0 Å². The van der Waals surface area contributed by atoms with E-state index in [9.17, 15) is 8.42 Å². The number of aromatic nitrogens is 1. The lowest BCUT2D eigenvalue weighted by Gasteiger charge is -2.17. The first kappa shape index (κ1) is 14.9. The van der Waals surface area contributed by atoms with E-state index < -0.39 is 10.0 Å². The highest BCUT2D eigenvalue weighted by molar-refractivity contribution is 7.94. The molecule has 0 aliphatic carbocycles. The van der Waals surface area contributed by atoms with Crippen LogP contribution in [0.5, 0.6) is 0 Å². The summed E-state index contributed by atoms with van der Waals surface area (Å²) in [6.07, 6.45) is 0.671. The second-order valence-corrected chi connectivity index (χ2v) is 9.36. The molecule has 0 amide bonds. The molecule has 0 unspecified atom stereocenters. The summed E-state index contributed by atoms with van der Waals surface area (Å²) >= 11 is 6.96. The van der Waals surface area contributed by atoms with Crippen LogP contribution in [0.25, 0.3) is 10.9 Å². The third-order valence-electron chi connectivity index (χ3n) is 3.94. The molecule has 1 aromatic carbocycles. The van der Waals surface area contributed by atoms with Crippen molar-refractivity contribution in [2.75, 3.05) is 10.8 Å². The van der Waals surface area contributed by atoms with Gasteiger partial charge in [0.2, 0.25) is 0 Å². The van der Waals surface area contributed by atoms with Gasteiger partial charge in [-0.15, -0.1) is 11.3 Å². The maximum atomic E-state index is 12.9. The highest BCUT2D eigenvalue weighted by Crippen LogP contribution is 2.36. The molecule has 3 heterocycles. The lowest BCUT2D eigenvalue weighted by Crippen LogP contribution is -2.29. The van der Waals surface area contributed by atoms with Crippen molar-refractivity contribution >= 4 is 49.7 Å². The van der Waals surface area contributed by atoms with Gasteiger partial charge < -0.3 is 0 Å². The fraction of sp³-hybridized carbons (Fsp3) is 0.188. The van der Waals surface area contributed by atoms with Gasteiger partial charge >= 0.3 is 0 Å². The van der Waals surface area contributed by atoms with Crippen LogP contribution >= 0.6 is 22.9 Å². The van der Waals surface area contributed by atoms with Crippen LogP contribution in [0.15, 0.2) is 40.6 Å². The normalized spacial score (nSPS) is 14.4. The molecule has 4 rings (SSSR count). The van der Waals surface area contributed by atoms with E-state index in [0.29, 0.717) is 23.1 Å². The number of benzene rings is 1. The van der Waals surface area contributed by atoms with Crippen molar-refractivity contribution in [2.45, 2.75) is 17.6 Å². The molecule has 0 N–H and O–H groups in total. The molecule has 7 heteroatoms. The van der Waals surface area contributed by atoms with Crippen LogP contribution in [0.1, 0.15) is 11.1 Å². The van der Waals surface area contributed by atoms with E-state index >= 15 is 0 Å². The average Bonchev–Trinajstić information content (AvgIpc) is 3.11.